The molecule has 0 bridgehead atoms. The van der Waals surface area contributed by atoms with Gasteiger partial charge in [0.05, 0.1) is 12.5 Å². The average Bonchev–Trinajstić information content (AvgIpc) is 3.60. The van der Waals surface area contributed by atoms with Gasteiger partial charge in [-0.1, -0.05) is 48.5 Å². The fourth-order valence-electron chi connectivity index (χ4n) is 5.10. The zero-order valence-corrected chi connectivity index (χ0v) is 22.3. The molecule has 0 saturated carbocycles. The predicted octanol–water partition coefficient (Wildman–Crippen LogP) is 0.800. The number of amides is 3. The molecule has 1 fully saturated rings. The van der Waals surface area contributed by atoms with Crippen LogP contribution in [0, 0.1) is 0 Å². The van der Waals surface area contributed by atoms with Crippen molar-refractivity contribution >= 4 is 40.6 Å². The zero-order valence-electron chi connectivity index (χ0n) is 22.3. The summed E-state index contributed by atoms with van der Waals surface area (Å²) in [7, 11) is 0. The summed E-state index contributed by atoms with van der Waals surface area (Å²) in [6, 6.07) is 11.7. The molecule has 1 aliphatic heterocycles. The molecule has 4 atom stereocenters. The number of H-pyrrole nitrogens is 1. The van der Waals surface area contributed by atoms with E-state index >= 15 is 0 Å². The number of hydrogen-bond acceptors (Lipinski definition) is 6. The Hall–Kier alpha value is -4.71. The summed E-state index contributed by atoms with van der Waals surface area (Å²) in [6.07, 6.45) is 2.06. The maximum Gasteiger partial charge on any atom is 0.326 e. The molecular formula is C29H33N5O7. The van der Waals surface area contributed by atoms with E-state index in [0.717, 1.165) is 22.0 Å². The molecule has 12 heteroatoms. The number of nitrogens with one attached hydrogen (secondary N) is 3. The molecule has 3 aromatic rings. The van der Waals surface area contributed by atoms with Crippen LogP contribution in [0.4, 0.5) is 0 Å². The molecule has 1 aromatic heterocycles. The molecule has 216 valence electrons. The highest BCUT2D eigenvalue weighted by atomic mass is 16.4. The van der Waals surface area contributed by atoms with E-state index in [1.165, 1.54) is 4.90 Å². The predicted molar refractivity (Wildman–Crippen MR) is 149 cm³/mol. The van der Waals surface area contributed by atoms with Crippen molar-refractivity contribution in [1.82, 2.24) is 20.5 Å². The molecule has 7 N–H and O–H groups in total. The summed E-state index contributed by atoms with van der Waals surface area (Å²) in [5, 5.41) is 24.9. The van der Waals surface area contributed by atoms with Crippen molar-refractivity contribution in [2.24, 2.45) is 5.73 Å². The fourth-order valence-corrected chi connectivity index (χ4v) is 5.10. The molecular weight excluding hydrogens is 530 g/mol. The molecule has 0 radical (unpaired) electrons. The number of carbonyl (C=O) groups excluding carboxylic acids is 3. The van der Waals surface area contributed by atoms with Crippen LogP contribution >= 0.6 is 0 Å². The number of hydrogen-bond donors (Lipinski definition) is 6. The van der Waals surface area contributed by atoms with Gasteiger partial charge < -0.3 is 36.5 Å². The standard InChI is InChI=1S/C29H33N5O7/c30-20(15-25(35)36)26(37)32-22(13-17-7-2-1-3-8-17)28(39)34-12-6-11-24(34)27(38)33-23(29(40)41)14-18-16-31-21-10-5-4-9-19(18)21/h1-5,7-10,16,20,22-24,31H,6,11-15,30H2,(H,32,37)(H,33,38)(H,35,36)(H,40,41). The molecule has 0 spiro atoms. The third-order valence-corrected chi connectivity index (χ3v) is 7.18. The Morgan fingerprint density at radius 1 is 0.951 bits per heavy atom. The summed E-state index contributed by atoms with van der Waals surface area (Å²) in [5.41, 5.74) is 8.04. The van der Waals surface area contributed by atoms with Gasteiger partial charge in [0.15, 0.2) is 0 Å². The molecule has 1 aliphatic rings. The maximum absolute atomic E-state index is 13.7. The number of carboxylic acid groups (broad SMARTS) is 2. The van der Waals surface area contributed by atoms with Crippen molar-refractivity contribution in [3.63, 3.8) is 0 Å². The number of aliphatic carboxylic acids is 2. The lowest BCUT2D eigenvalue weighted by atomic mass is 10.0. The number of carbonyl (C=O) groups is 5. The largest absolute Gasteiger partial charge is 0.481 e. The van der Waals surface area contributed by atoms with Gasteiger partial charge in [0.25, 0.3) is 0 Å². The molecule has 2 heterocycles. The number of nitrogens with two attached hydrogens (primary N) is 1. The van der Waals surface area contributed by atoms with Gasteiger partial charge in [0.2, 0.25) is 17.7 Å². The minimum absolute atomic E-state index is 0.0416. The van der Waals surface area contributed by atoms with E-state index in [9.17, 15) is 29.1 Å². The topological polar surface area (TPSA) is 195 Å². The Kier molecular flexibility index (Phi) is 9.35. The fraction of sp³-hybridized carbons (Fsp3) is 0.345. The van der Waals surface area contributed by atoms with Crippen LogP contribution in [0.2, 0.25) is 0 Å². The smallest absolute Gasteiger partial charge is 0.326 e. The highest BCUT2D eigenvalue weighted by Crippen LogP contribution is 2.22. The minimum Gasteiger partial charge on any atom is -0.481 e. The van der Waals surface area contributed by atoms with E-state index in [-0.39, 0.29) is 19.4 Å². The second kappa shape index (κ2) is 13.1. The number of benzene rings is 2. The van der Waals surface area contributed by atoms with Gasteiger partial charge in [-0.15, -0.1) is 0 Å². The average molecular weight is 564 g/mol. The summed E-state index contributed by atoms with van der Waals surface area (Å²) in [6.45, 7) is 0.236. The first-order valence-electron chi connectivity index (χ1n) is 13.3. The van der Waals surface area contributed by atoms with Crippen LogP contribution in [0.15, 0.2) is 60.8 Å². The normalized spacial score (nSPS) is 17.0. The highest BCUT2D eigenvalue weighted by Gasteiger charge is 2.39. The van der Waals surface area contributed by atoms with Gasteiger partial charge in [0.1, 0.15) is 18.1 Å². The second-order valence-corrected chi connectivity index (χ2v) is 10.1. The third-order valence-electron chi connectivity index (χ3n) is 7.18. The van der Waals surface area contributed by atoms with Crippen LogP contribution in [0.5, 0.6) is 0 Å². The summed E-state index contributed by atoms with van der Waals surface area (Å²) in [4.78, 5) is 67.3. The Bertz CT molecular complexity index is 1420. The first-order chi connectivity index (χ1) is 19.6. The lowest BCUT2D eigenvalue weighted by molar-refractivity contribution is -0.145. The van der Waals surface area contributed by atoms with Gasteiger partial charge in [0, 0.05) is 36.5 Å². The first kappa shape index (κ1) is 29.3. The summed E-state index contributed by atoms with van der Waals surface area (Å²) >= 11 is 0. The zero-order chi connectivity index (χ0) is 29.5. The number of fused-ring (bicyclic) bond motifs is 1. The monoisotopic (exact) mass is 563 g/mol. The molecule has 2 aromatic carbocycles. The van der Waals surface area contributed by atoms with Crippen LogP contribution in [0.3, 0.4) is 0 Å². The molecule has 4 rings (SSSR count). The van der Waals surface area contributed by atoms with Crippen LogP contribution in [0.25, 0.3) is 10.9 Å². The molecule has 3 amide bonds. The molecule has 41 heavy (non-hydrogen) atoms. The first-order valence-corrected chi connectivity index (χ1v) is 13.3. The van der Waals surface area contributed by atoms with Crippen molar-refractivity contribution < 1.29 is 34.2 Å². The van der Waals surface area contributed by atoms with Gasteiger partial charge >= 0.3 is 11.9 Å². The Morgan fingerprint density at radius 3 is 2.37 bits per heavy atom. The minimum atomic E-state index is -1.36. The lowest BCUT2D eigenvalue weighted by Crippen LogP contribution is -2.57. The van der Waals surface area contributed by atoms with Gasteiger partial charge in [-0.3, -0.25) is 19.2 Å². The molecule has 4 unspecified atom stereocenters. The van der Waals surface area contributed by atoms with Gasteiger partial charge in [-0.05, 0) is 30.0 Å². The van der Waals surface area contributed by atoms with E-state index in [1.54, 1.807) is 36.5 Å². The van der Waals surface area contributed by atoms with Crippen molar-refractivity contribution in [2.45, 2.75) is 56.3 Å². The van der Waals surface area contributed by atoms with Crippen molar-refractivity contribution in [1.29, 1.82) is 0 Å². The third kappa shape index (κ3) is 7.28. The van der Waals surface area contributed by atoms with Crippen molar-refractivity contribution in [3.8, 4) is 0 Å². The van der Waals surface area contributed by atoms with Gasteiger partial charge in [-0.25, -0.2) is 4.79 Å². The van der Waals surface area contributed by atoms with E-state index in [0.29, 0.717) is 12.8 Å². The Morgan fingerprint density at radius 2 is 1.66 bits per heavy atom. The van der Waals surface area contributed by atoms with Crippen molar-refractivity contribution in [2.75, 3.05) is 6.54 Å². The lowest BCUT2D eigenvalue weighted by Gasteiger charge is -2.30. The molecule has 1 saturated heterocycles. The Balaban J connectivity index is 1.49. The van der Waals surface area contributed by atoms with E-state index in [4.69, 9.17) is 10.8 Å². The van der Waals surface area contributed by atoms with Crippen molar-refractivity contribution in [3.05, 3.63) is 71.9 Å². The van der Waals surface area contributed by atoms with E-state index < -0.39 is 60.2 Å². The quantitative estimate of drug-likeness (QED) is 0.186. The number of nitrogens with zero attached hydrogens (tertiary/aromatic N) is 1. The van der Waals surface area contributed by atoms with E-state index in [2.05, 4.69) is 15.6 Å². The number of likely N-dealkylation sites (tertiary alicyclic amines) is 1. The number of rotatable bonds is 12. The Labute approximate surface area is 235 Å². The molecule has 12 nitrogen and oxygen atoms in total. The molecule has 0 aliphatic carbocycles. The second-order valence-electron chi connectivity index (χ2n) is 10.1. The van der Waals surface area contributed by atoms with E-state index in [1.807, 2.05) is 24.3 Å². The van der Waals surface area contributed by atoms with Gasteiger partial charge in [-0.2, -0.15) is 0 Å². The SMILES string of the molecule is NC(CC(=O)O)C(=O)NC(Cc1ccccc1)C(=O)N1CCCC1C(=O)NC(Cc1c[nH]c2ccccc12)C(=O)O. The van der Waals surface area contributed by atoms with Crippen LogP contribution in [0.1, 0.15) is 30.4 Å². The van der Waals surface area contributed by atoms with Crippen LogP contribution < -0.4 is 16.4 Å². The highest BCUT2D eigenvalue weighted by molar-refractivity contribution is 5.95. The summed E-state index contributed by atoms with van der Waals surface area (Å²) in [5.74, 6) is -4.40. The summed E-state index contributed by atoms with van der Waals surface area (Å²) < 4.78 is 0. The van der Waals surface area contributed by atoms with Crippen LogP contribution in [-0.2, 0) is 36.8 Å². The number of carboxylic acids is 2. The number of aromatic amines is 1. The maximum atomic E-state index is 13.7. The number of para-hydroxylation sites is 1. The van der Waals surface area contributed by atoms with Crippen LogP contribution in [-0.4, -0.2) is 80.5 Å². The number of aromatic nitrogens is 1.